The van der Waals surface area contributed by atoms with Gasteiger partial charge in [0.05, 0.1) is 17.2 Å². The van der Waals surface area contributed by atoms with E-state index in [1.165, 1.54) is 4.90 Å². The summed E-state index contributed by atoms with van der Waals surface area (Å²) in [6.07, 6.45) is 1.81. The number of carbonyl (C=O) groups is 1. The molecule has 0 unspecified atom stereocenters. The monoisotopic (exact) mass is 407 g/mol. The molecule has 0 saturated carbocycles. The molecule has 140 valence electrons. The Morgan fingerprint density at radius 2 is 1.82 bits per heavy atom. The molecule has 4 nitrogen and oxygen atoms in total. The highest BCUT2D eigenvalue weighted by atomic mass is 32.2. The zero-order valence-corrected chi connectivity index (χ0v) is 16.8. The highest BCUT2D eigenvalue weighted by Gasteiger charge is 2.33. The first-order valence-corrected chi connectivity index (χ1v) is 10.0. The molecule has 0 bridgehead atoms. The number of hydrogen-bond acceptors (Lipinski definition) is 5. The van der Waals surface area contributed by atoms with Crippen LogP contribution >= 0.6 is 24.0 Å². The maximum Gasteiger partial charge on any atom is 0.296 e. The zero-order chi connectivity index (χ0) is 19.5. The maximum atomic E-state index is 12.5. The van der Waals surface area contributed by atoms with Crippen molar-refractivity contribution in [1.29, 1.82) is 0 Å². The first-order valence-electron chi connectivity index (χ1n) is 8.82. The number of ether oxygens (including phenoxy) is 1. The van der Waals surface area contributed by atoms with Crippen LogP contribution in [0.25, 0.3) is 17.4 Å². The lowest BCUT2D eigenvalue weighted by atomic mass is 10.2. The molecule has 28 heavy (non-hydrogen) atoms. The van der Waals surface area contributed by atoms with Crippen LogP contribution in [0.5, 0.6) is 5.75 Å². The van der Waals surface area contributed by atoms with Crippen molar-refractivity contribution in [2.75, 3.05) is 11.5 Å². The molecule has 3 aromatic rings. The average molecular weight is 408 g/mol. The molecule has 0 atom stereocenters. The normalized spacial score (nSPS) is 15.5. The summed E-state index contributed by atoms with van der Waals surface area (Å²) in [4.78, 5) is 15.2. The van der Waals surface area contributed by atoms with Crippen molar-refractivity contribution >= 4 is 46.0 Å². The molecular formula is C22H17NO3S2. The number of carbonyl (C=O) groups excluding carboxylic acids is 1. The fraction of sp³-hybridized carbons (Fsp3) is 0.0909. The van der Waals surface area contributed by atoms with Crippen molar-refractivity contribution in [2.24, 2.45) is 0 Å². The molecule has 0 spiro atoms. The lowest BCUT2D eigenvalue weighted by Crippen LogP contribution is -2.26. The Bertz CT molecular complexity index is 1040. The Morgan fingerprint density at radius 1 is 1.07 bits per heavy atom. The Kier molecular flexibility index (Phi) is 5.32. The van der Waals surface area contributed by atoms with E-state index in [2.05, 4.69) is 0 Å². The quantitative estimate of drug-likeness (QED) is 0.362. The van der Waals surface area contributed by atoms with Crippen LogP contribution in [0.2, 0.25) is 0 Å². The van der Waals surface area contributed by atoms with Gasteiger partial charge in [0.25, 0.3) is 5.24 Å². The van der Waals surface area contributed by atoms with E-state index >= 15 is 0 Å². The van der Waals surface area contributed by atoms with E-state index < -0.39 is 0 Å². The highest BCUT2D eigenvalue weighted by molar-refractivity contribution is 8.20. The molecule has 1 aliphatic rings. The minimum absolute atomic E-state index is 0.129. The molecule has 1 amide bonds. The Labute approximate surface area is 172 Å². The summed E-state index contributed by atoms with van der Waals surface area (Å²) in [6.45, 7) is 2.52. The first kappa shape index (κ1) is 18.5. The van der Waals surface area contributed by atoms with Crippen LogP contribution in [0, 0.1) is 0 Å². The van der Waals surface area contributed by atoms with Crippen LogP contribution in [-0.2, 0) is 0 Å². The fourth-order valence-corrected chi connectivity index (χ4v) is 4.13. The minimum Gasteiger partial charge on any atom is -0.494 e. The van der Waals surface area contributed by atoms with Gasteiger partial charge in [-0.2, -0.15) is 0 Å². The van der Waals surface area contributed by atoms with Gasteiger partial charge in [-0.25, -0.2) is 0 Å². The lowest BCUT2D eigenvalue weighted by molar-refractivity contribution is 0.268. The lowest BCUT2D eigenvalue weighted by Gasteiger charge is -2.15. The van der Waals surface area contributed by atoms with Gasteiger partial charge in [0.2, 0.25) is 0 Å². The minimum atomic E-state index is -0.129. The summed E-state index contributed by atoms with van der Waals surface area (Å²) in [7, 11) is 0. The summed E-state index contributed by atoms with van der Waals surface area (Å²) in [5.74, 6) is 2.19. The molecule has 1 aromatic heterocycles. The van der Waals surface area contributed by atoms with Crippen LogP contribution in [0.3, 0.4) is 0 Å². The molecule has 6 heteroatoms. The van der Waals surface area contributed by atoms with Crippen molar-refractivity contribution < 1.29 is 13.9 Å². The number of nitrogens with zero attached hydrogens (tertiary/aromatic N) is 1. The molecule has 0 aliphatic carbocycles. The highest BCUT2D eigenvalue weighted by Crippen LogP contribution is 2.37. The van der Waals surface area contributed by atoms with Gasteiger partial charge in [0, 0.05) is 5.56 Å². The molecule has 1 aliphatic heterocycles. The number of rotatable bonds is 5. The van der Waals surface area contributed by atoms with E-state index in [4.69, 9.17) is 21.4 Å². The Hall–Kier alpha value is -2.83. The standard InChI is InChI=1S/C22H17NO3S2/c1-2-25-17-10-8-16(9-11-17)23-21(27)20(28-22(23)24)14-18-12-13-19(26-18)15-6-4-3-5-7-15/h3-14H,2H2,1H3/b20-14-. The SMILES string of the molecule is CCOc1ccc(N2C(=O)S/C(=C\c3ccc(-c4ccccc4)o3)C2=S)cc1. The van der Waals surface area contributed by atoms with E-state index in [1.807, 2.05) is 79.7 Å². The number of furan rings is 1. The number of benzene rings is 2. The van der Waals surface area contributed by atoms with Crippen molar-refractivity contribution in [3.63, 3.8) is 0 Å². The molecule has 4 rings (SSSR count). The molecule has 1 fully saturated rings. The third-order valence-electron chi connectivity index (χ3n) is 4.16. The molecule has 0 N–H and O–H groups in total. The topological polar surface area (TPSA) is 42.7 Å². The van der Waals surface area contributed by atoms with Crippen molar-refractivity contribution in [2.45, 2.75) is 6.92 Å². The molecule has 0 radical (unpaired) electrons. The summed E-state index contributed by atoms with van der Waals surface area (Å²) in [5.41, 5.74) is 1.72. The molecule has 1 saturated heterocycles. The predicted octanol–water partition coefficient (Wildman–Crippen LogP) is 6.39. The van der Waals surface area contributed by atoms with Gasteiger partial charge in [-0.15, -0.1) is 0 Å². The third kappa shape index (κ3) is 3.74. The first-order chi connectivity index (χ1) is 13.7. The van der Waals surface area contributed by atoms with Gasteiger partial charge in [-0.05, 0) is 61.2 Å². The van der Waals surface area contributed by atoms with Crippen molar-refractivity contribution in [3.05, 3.63) is 77.4 Å². The number of thiocarbonyl (C=S) groups is 1. The number of hydrogen-bond donors (Lipinski definition) is 0. The Balaban J connectivity index is 1.56. The number of amides is 1. The summed E-state index contributed by atoms with van der Waals surface area (Å²) in [6, 6.07) is 21.0. The van der Waals surface area contributed by atoms with Gasteiger partial charge in [-0.1, -0.05) is 42.5 Å². The van der Waals surface area contributed by atoms with E-state index in [0.29, 0.717) is 22.3 Å². The van der Waals surface area contributed by atoms with Crippen molar-refractivity contribution in [3.8, 4) is 17.1 Å². The van der Waals surface area contributed by atoms with E-state index in [9.17, 15) is 4.79 Å². The van der Waals surface area contributed by atoms with Gasteiger partial charge in [0.15, 0.2) is 0 Å². The number of anilines is 1. The summed E-state index contributed by atoms with van der Waals surface area (Å²) < 4.78 is 11.4. The van der Waals surface area contributed by atoms with E-state index in [0.717, 1.165) is 34.5 Å². The predicted molar refractivity (Wildman–Crippen MR) is 118 cm³/mol. The van der Waals surface area contributed by atoms with Crippen LogP contribution in [0.15, 0.2) is 76.1 Å². The van der Waals surface area contributed by atoms with Crippen LogP contribution in [-0.4, -0.2) is 16.8 Å². The number of thioether (sulfide) groups is 1. The second kappa shape index (κ2) is 8.04. The third-order valence-corrected chi connectivity index (χ3v) is 5.58. The zero-order valence-electron chi connectivity index (χ0n) is 15.1. The van der Waals surface area contributed by atoms with Gasteiger partial charge in [-0.3, -0.25) is 9.69 Å². The van der Waals surface area contributed by atoms with Crippen LogP contribution < -0.4 is 9.64 Å². The summed E-state index contributed by atoms with van der Waals surface area (Å²) in [5, 5.41) is -0.129. The molecule has 2 aromatic carbocycles. The van der Waals surface area contributed by atoms with E-state index in [-0.39, 0.29) is 5.24 Å². The van der Waals surface area contributed by atoms with Gasteiger partial charge in [0.1, 0.15) is 22.3 Å². The van der Waals surface area contributed by atoms with Gasteiger partial charge >= 0.3 is 0 Å². The second-order valence-corrected chi connectivity index (χ2v) is 7.39. The smallest absolute Gasteiger partial charge is 0.296 e. The van der Waals surface area contributed by atoms with Crippen LogP contribution in [0.1, 0.15) is 12.7 Å². The molecular weight excluding hydrogens is 390 g/mol. The van der Waals surface area contributed by atoms with Crippen LogP contribution in [0.4, 0.5) is 10.5 Å². The maximum absolute atomic E-state index is 12.5. The fourth-order valence-electron chi connectivity index (χ4n) is 2.87. The van der Waals surface area contributed by atoms with Gasteiger partial charge < -0.3 is 9.15 Å². The largest absolute Gasteiger partial charge is 0.494 e. The summed E-state index contributed by atoms with van der Waals surface area (Å²) >= 11 is 6.65. The van der Waals surface area contributed by atoms with Crippen molar-refractivity contribution in [1.82, 2.24) is 0 Å². The van der Waals surface area contributed by atoms with E-state index in [1.54, 1.807) is 0 Å². The molecule has 2 heterocycles. The second-order valence-electron chi connectivity index (χ2n) is 6.01. The average Bonchev–Trinajstić information content (AvgIpc) is 3.29. The Morgan fingerprint density at radius 3 is 2.54 bits per heavy atom.